The van der Waals surface area contributed by atoms with Crippen molar-refractivity contribution in [3.05, 3.63) is 67.0 Å². The summed E-state index contributed by atoms with van der Waals surface area (Å²) in [6.07, 6.45) is 1.37. The number of nitrogens with zero attached hydrogens (tertiary/aromatic N) is 2. The van der Waals surface area contributed by atoms with Crippen LogP contribution in [0.15, 0.2) is 41.3 Å². The number of nitrogens with one attached hydrogen (secondary N) is 2. The molecular weight excluding hydrogens is 475 g/mol. The second kappa shape index (κ2) is 8.88. The first-order valence-electron chi connectivity index (χ1n) is 7.94. The zero-order valence-corrected chi connectivity index (χ0v) is 17.7. The maximum atomic E-state index is 12.6. The van der Waals surface area contributed by atoms with Gasteiger partial charge in [-0.15, -0.1) is 0 Å². The molecule has 2 aromatic rings. The van der Waals surface area contributed by atoms with Crippen LogP contribution in [0.2, 0.25) is 10.0 Å². The number of benzene rings is 2. The van der Waals surface area contributed by atoms with Crippen molar-refractivity contribution in [1.29, 1.82) is 0 Å². The summed E-state index contributed by atoms with van der Waals surface area (Å²) in [6.45, 7) is 0. The summed E-state index contributed by atoms with van der Waals surface area (Å²) in [7, 11) is 0. The molecule has 3 N–H and O–H groups in total. The van der Waals surface area contributed by atoms with E-state index in [1.54, 1.807) is 0 Å². The highest BCUT2D eigenvalue weighted by atomic mass is 35.5. The van der Waals surface area contributed by atoms with E-state index < -0.39 is 28.3 Å². The van der Waals surface area contributed by atoms with Crippen molar-refractivity contribution >= 4 is 80.9 Å². The molecule has 0 atom stereocenters. The molecule has 1 fully saturated rings. The van der Waals surface area contributed by atoms with Gasteiger partial charge in [-0.3, -0.25) is 14.9 Å². The lowest BCUT2D eigenvalue weighted by Gasteiger charge is -2.16. The molecule has 30 heavy (non-hydrogen) atoms. The Morgan fingerprint density at radius 1 is 1.23 bits per heavy atom. The first-order valence-corrected chi connectivity index (χ1v) is 9.92. The zero-order valence-electron chi connectivity index (χ0n) is 14.6. The fourth-order valence-electron chi connectivity index (χ4n) is 2.33. The van der Waals surface area contributed by atoms with Gasteiger partial charge < -0.3 is 10.4 Å². The Kier molecular flexibility index (Phi) is 6.46. The van der Waals surface area contributed by atoms with E-state index in [1.165, 1.54) is 30.3 Å². The van der Waals surface area contributed by atoms with Crippen LogP contribution in [-0.4, -0.2) is 31.3 Å². The molecule has 2 aromatic carbocycles. The molecule has 1 aliphatic rings. The van der Waals surface area contributed by atoms with E-state index in [0.717, 1.165) is 28.9 Å². The Morgan fingerprint density at radius 2 is 1.97 bits per heavy atom. The summed E-state index contributed by atoms with van der Waals surface area (Å²) < 4.78 is 0.0591. The van der Waals surface area contributed by atoms with Gasteiger partial charge >= 0.3 is 11.7 Å². The topological polar surface area (TPSA) is 125 Å². The van der Waals surface area contributed by atoms with Crippen LogP contribution in [0.25, 0.3) is 6.08 Å². The number of urea groups is 1. The highest BCUT2D eigenvalue weighted by Crippen LogP contribution is 2.33. The predicted molar refractivity (Wildman–Crippen MR) is 118 cm³/mol. The van der Waals surface area contributed by atoms with Crippen LogP contribution >= 0.6 is 47.2 Å². The average Bonchev–Trinajstić information content (AvgIpc) is 2.93. The van der Waals surface area contributed by atoms with E-state index in [1.807, 2.05) is 0 Å². The number of rotatable bonds is 4. The van der Waals surface area contributed by atoms with Crippen molar-refractivity contribution in [2.75, 3.05) is 5.32 Å². The van der Waals surface area contributed by atoms with Crippen molar-refractivity contribution in [2.24, 2.45) is 0 Å². The molecule has 1 heterocycles. The van der Waals surface area contributed by atoms with Crippen LogP contribution in [-0.2, 0) is 4.79 Å². The van der Waals surface area contributed by atoms with E-state index in [9.17, 15) is 24.8 Å². The Balaban J connectivity index is 1.73. The van der Waals surface area contributed by atoms with Crippen molar-refractivity contribution in [3.8, 4) is 5.75 Å². The second-order valence-electron chi connectivity index (χ2n) is 5.72. The number of thiocarbonyl (C=S) groups is 1. The minimum absolute atomic E-state index is 0.0591. The quantitative estimate of drug-likeness (QED) is 0.251. The lowest BCUT2D eigenvalue weighted by molar-refractivity contribution is -0.385. The van der Waals surface area contributed by atoms with E-state index in [2.05, 4.69) is 10.7 Å². The van der Waals surface area contributed by atoms with E-state index in [-0.39, 0.29) is 14.2 Å². The van der Waals surface area contributed by atoms with E-state index >= 15 is 0 Å². The van der Waals surface area contributed by atoms with Crippen molar-refractivity contribution < 1.29 is 19.6 Å². The van der Waals surface area contributed by atoms with Gasteiger partial charge in [-0.25, -0.2) is 10.2 Å². The van der Waals surface area contributed by atoms with Gasteiger partial charge in [0.05, 0.1) is 19.9 Å². The second-order valence-corrected chi connectivity index (χ2v) is 8.21. The fraction of sp³-hybridized carbons (Fsp3) is 0. The molecule has 0 aliphatic carbocycles. The maximum Gasteiger partial charge on any atom is 0.338 e. The number of nitro benzene ring substituents is 1. The number of carbonyl (C=O) groups excluding carboxylic acids is 2. The largest absolute Gasteiger partial charge is 0.502 e. The lowest BCUT2D eigenvalue weighted by Crippen LogP contribution is -2.46. The third-order valence-electron chi connectivity index (χ3n) is 3.68. The Hall–Kier alpha value is -2.86. The zero-order chi connectivity index (χ0) is 22.0. The number of anilines is 1. The first-order chi connectivity index (χ1) is 14.2. The van der Waals surface area contributed by atoms with Gasteiger partial charge in [-0.2, -0.15) is 5.01 Å². The van der Waals surface area contributed by atoms with Crippen LogP contribution in [0.1, 0.15) is 5.56 Å². The molecule has 0 spiro atoms. The number of phenols is 1. The number of amides is 3. The van der Waals surface area contributed by atoms with Crippen molar-refractivity contribution in [3.63, 3.8) is 0 Å². The normalized spacial score (nSPS) is 14.9. The van der Waals surface area contributed by atoms with Crippen LogP contribution < -0.4 is 10.7 Å². The number of halogens is 2. The average molecular weight is 485 g/mol. The number of carbonyl (C=O) groups is 2. The third kappa shape index (κ3) is 4.82. The van der Waals surface area contributed by atoms with Gasteiger partial charge in [0.2, 0.25) is 0 Å². The Bertz CT molecular complexity index is 1130. The van der Waals surface area contributed by atoms with Crippen LogP contribution in [0, 0.1) is 10.1 Å². The summed E-state index contributed by atoms with van der Waals surface area (Å²) in [5, 5.41) is 24.4. The highest BCUT2D eigenvalue weighted by molar-refractivity contribution is 8.26. The number of hydrogen-bond donors (Lipinski definition) is 3. The van der Waals surface area contributed by atoms with E-state index in [4.69, 9.17) is 35.4 Å². The summed E-state index contributed by atoms with van der Waals surface area (Å²) in [4.78, 5) is 35.1. The van der Waals surface area contributed by atoms with Gasteiger partial charge in [-0.05, 0) is 48.1 Å². The molecular formula is C17H10Cl2N4O5S2. The van der Waals surface area contributed by atoms with Crippen LogP contribution in [0.3, 0.4) is 0 Å². The van der Waals surface area contributed by atoms with Crippen molar-refractivity contribution in [1.82, 2.24) is 10.4 Å². The molecule has 0 aromatic heterocycles. The number of thioether (sulfide) groups is 1. The Labute approximate surface area is 188 Å². The number of aromatic hydroxyl groups is 1. The molecule has 154 valence electrons. The molecule has 0 radical (unpaired) electrons. The predicted octanol–water partition coefficient (Wildman–Crippen LogP) is 4.55. The molecule has 3 amide bonds. The third-order valence-corrected chi connectivity index (χ3v) is 5.72. The maximum absolute atomic E-state index is 12.6. The monoisotopic (exact) mass is 484 g/mol. The van der Waals surface area contributed by atoms with E-state index in [0.29, 0.717) is 16.3 Å². The summed E-state index contributed by atoms with van der Waals surface area (Å²) >= 11 is 17.7. The lowest BCUT2D eigenvalue weighted by atomic mass is 10.1. The molecule has 13 heteroatoms. The van der Waals surface area contributed by atoms with Gasteiger partial charge in [0.15, 0.2) is 10.1 Å². The SMILES string of the molecule is O=C(Nc1ccc(Cl)c(Cl)c1)NN1C(=O)/C(=C\c2ccc(O)c([N+](=O)[O-])c2)SC1=S. The minimum Gasteiger partial charge on any atom is -0.502 e. The van der Waals surface area contributed by atoms with Crippen molar-refractivity contribution in [2.45, 2.75) is 0 Å². The number of nitro groups is 1. The van der Waals surface area contributed by atoms with Crippen LogP contribution in [0.4, 0.5) is 16.2 Å². The molecule has 3 rings (SSSR count). The highest BCUT2D eigenvalue weighted by Gasteiger charge is 2.33. The minimum atomic E-state index is -0.744. The summed E-state index contributed by atoms with van der Waals surface area (Å²) in [5.74, 6) is -1.12. The molecule has 0 unspecified atom stereocenters. The molecule has 9 nitrogen and oxygen atoms in total. The molecule has 0 saturated carbocycles. The summed E-state index contributed by atoms with van der Waals surface area (Å²) in [5.41, 5.74) is 2.47. The smallest absolute Gasteiger partial charge is 0.338 e. The standard InChI is InChI=1S/C17H10Cl2N4O5S2/c18-10-3-2-9(7-11(10)19)20-16(26)21-22-15(25)14(30-17(22)29)6-8-1-4-13(24)12(5-8)23(27)28/h1-7,24H,(H2,20,21,26)/b14-6+. The number of hydrazine groups is 1. The van der Waals surface area contributed by atoms with Gasteiger partial charge in [0.25, 0.3) is 5.91 Å². The summed E-state index contributed by atoms with van der Waals surface area (Å²) in [6, 6.07) is 7.38. The Morgan fingerprint density at radius 3 is 2.63 bits per heavy atom. The van der Waals surface area contributed by atoms with Gasteiger partial charge in [0.1, 0.15) is 0 Å². The molecule has 1 aliphatic heterocycles. The van der Waals surface area contributed by atoms with Gasteiger partial charge in [0, 0.05) is 11.8 Å². The molecule has 0 bridgehead atoms. The number of phenolic OH excluding ortho intramolecular Hbond substituents is 1. The molecule has 1 saturated heterocycles. The van der Waals surface area contributed by atoms with Crippen LogP contribution in [0.5, 0.6) is 5.75 Å². The first kappa shape index (κ1) is 21.8. The fourth-order valence-corrected chi connectivity index (χ4v) is 3.80. The number of hydrogen-bond acceptors (Lipinski definition) is 7. The van der Waals surface area contributed by atoms with Gasteiger partial charge in [-0.1, -0.05) is 41.0 Å².